The average Bonchev–Trinajstić information content (AvgIpc) is 2.46. The van der Waals surface area contributed by atoms with Gasteiger partial charge in [0, 0.05) is 18.8 Å². The first-order valence-electron chi connectivity index (χ1n) is 7.58. The molecule has 0 spiro atoms. The molecule has 128 valence electrons. The minimum atomic E-state index is -1.24. The van der Waals surface area contributed by atoms with Gasteiger partial charge in [-0.05, 0) is 39.5 Å². The van der Waals surface area contributed by atoms with Crippen LogP contribution in [-0.2, 0) is 15.5 Å². The second-order valence-corrected chi connectivity index (χ2v) is 8.43. The lowest BCUT2D eigenvalue weighted by Gasteiger charge is -2.33. The van der Waals surface area contributed by atoms with E-state index < -0.39 is 16.4 Å². The fourth-order valence-electron chi connectivity index (χ4n) is 2.32. The van der Waals surface area contributed by atoms with E-state index in [1.54, 1.807) is 4.90 Å². The normalized spacial score (nSPS) is 17.8. The highest BCUT2D eigenvalue weighted by atomic mass is 35.5. The Morgan fingerprint density at radius 1 is 1.35 bits per heavy atom. The second kappa shape index (κ2) is 7.57. The van der Waals surface area contributed by atoms with E-state index in [2.05, 4.69) is 9.97 Å². The quantitative estimate of drug-likeness (QED) is 0.776. The van der Waals surface area contributed by atoms with Crippen molar-refractivity contribution in [2.75, 3.05) is 18.8 Å². The van der Waals surface area contributed by atoms with E-state index in [1.165, 1.54) is 12.4 Å². The van der Waals surface area contributed by atoms with Crippen molar-refractivity contribution in [3.05, 3.63) is 17.4 Å². The van der Waals surface area contributed by atoms with Crippen LogP contribution < -0.4 is 0 Å². The number of halogens is 1. The van der Waals surface area contributed by atoms with E-state index in [-0.39, 0.29) is 12.0 Å². The maximum atomic E-state index is 12.3. The number of piperidine rings is 1. The number of carbonyl (C=O) groups excluding carboxylic acids is 1. The Bertz CT molecular complexity index is 566. The van der Waals surface area contributed by atoms with Crippen molar-refractivity contribution >= 4 is 28.5 Å². The van der Waals surface area contributed by atoms with Crippen molar-refractivity contribution in [1.29, 1.82) is 0 Å². The summed E-state index contributed by atoms with van der Waals surface area (Å²) in [5.74, 6) is 0.790. The number of likely N-dealkylation sites (tertiary alicyclic amines) is 1. The van der Waals surface area contributed by atoms with Gasteiger partial charge in [0.15, 0.2) is 0 Å². The van der Waals surface area contributed by atoms with Crippen LogP contribution >= 0.6 is 11.6 Å². The van der Waals surface area contributed by atoms with Gasteiger partial charge in [0.2, 0.25) is 5.16 Å². The Hall–Kier alpha value is -1.21. The Morgan fingerprint density at radius 2 is 1.91 bits per heavy atom. The summed E-state index contributed by atoms with van der Waals surface area (Å²) in [4.78, 5) is 21.7. The minimum Gasteiger partial charge on any atom is -0.444 e. The van der Waals surface area contributed by atoms with Crippen molar-refractivity contribution in [3.8, 4) is 0 Å². The van der Waals surface area contributed by atoms with Gasteiger partial charge in [-0.25, -0.2) is 14.8 Å². The molecule has 0 aliphatic carbocycles. The summed E-state index contributed by atoms with van der Waals surface area (Å²) in [6.07, 6.45) is 4.23. The minimum absolute atomic E-state index is 0.280. The number of ether oxygens (including phenoxy) is 1. The van der Waals surface area contributed by atoms with Crippen molar-refractivity contribution in [2.24, 2.45) is 5.92 Å². The maximum Gasteiger partial charge on any atom is 0.410 e. The molecule has 2 rings (SSSR count). The monoisotopic (exact) mass is 359 g/mol. The predicted molar refractivity (Wildman–Crippen MR) is 88.8 cm³/mol. The SMILES string of the molecule is CC(C)(C)OC(=O)N1CCC(CS(=O)c2ncc(Cl)cn2)CC1. The van der Waals surface area contributed by atoms with Gasteiger partial charge in [0.25, 0.3) is 0 Å². The molecule has 1 aromatic heterocycles. The summed E-state index contributed by atoms with van der Waals surface area (Å²) >= 11 is 5.73. The molecule has 2 heterocycles. The summed E-state index contributed by atoms with van der Waals surface area (Å²) in [5.41, 5.74) is -0.485. The molecule has 0 radical (unpaired) electrons. The molecule has 0 bridgehead atoms. The van der Waals surface area contributed by atoms with Crippen LogP contribution in [0.25, 0.3) is 0 Å². The van der Waals surface area contributed by atoms with E-state index in [4.69, 9.17) is 16.3 Å². The molecule has 1 unspecified atom stereocenters. The molecule has 0 N–H and O–H groups in total. The van der Waals surface area contributed by atoms with Gasteiger partial charge in [-0.1, -0.05) is 11.6 Å². The molecule has 1 atom stereocenters. The number of hydrogen-bond donors (Lipinski definition) is 0. The third kappa shape index (κ3) is 5.73. The molecule has 0 aromatic carbocycles. The van der Waals surface area contributed by atoms with Crippen molar-refractivity contribution in [2.45, 2.75) is 44.4 Å². The van der Waals surface area contributed by atoms with Crippen LogP contribution in [-0.4, -0.2) is 49.6 Å². The van der Waals surface area contributed by atoms with E-state index in [0.717, 1.165) is 12.8 Å². The summed E-state index contributed by atoms with van der Waals surface area (Å²) in [7, 11) is -1.24. The first-order chi connectivity index (χ1) is 10.7. The van der Waals surface area contributed by atoms with Gasteiger partial charge < -0.3 is 9.64 Å². The maximum absolute atomic E-state index is 12.3. The number of aromatic nitrogens is 2. The Labute approximate surface area is 144 Å². The van der Waals surface area contributed by atoms with Gasteiger partial charge in [-0.15, -0.1) is 0 Å². The van der Waals surface area contributed by atoms with Crippen LogP contribution in [0, 0.1) is 5.92 Å². The van der Waals surface area contributed by atoms with E-state index >= 15 is 0 Å². The summed E-state index contributed by atoms with van der Waals surface area (Å²) in [6, 6.07) is 0. The molecule has 1 aliphatic heterocycles. The number of rotatable bonds is 3. The van der Waals surface area contributed by atoms with Crippen LogP contribution in [0.5, 0.6) is 0 Å². The first kappa shape index (κ1) is 18.1. The highest BCUT2D eigenvalue weighted by Gasteiger charge is 2.28. The van der Waals surface area contributed by atoms with Crippen molar-refractivity contribution in [1.82, 2.24) is 14.9 Å². The summed E-state index contributed by atoms with van der Waals surface area (Å²) < 4.78 is 17.6. The zero-order chi connectivity index (χ0) is 17.0. The van der Waals surface area contributed by atoms with Crippen LogP contribution in [0.2, 0.25) is 5.02 Å². The van der Waals surface area contributed by atoms with E-state index in [0.29, 0.717) is 29.0 Å². The van der Waals surface area contributed by atoms with E-state index in [1.807, 2.05) is 20.8 Å². The Morgan fingerprint density at radius 3 is 2.43 bits per heavy atom. The molecule has 8 heteroatoms. The summed E-state index contributed by atoms with van der Waals surface area (Å²) in [6.45, 7) is 6.81. The smallest absolute Gasteiger partial charge is 0.410 e. The van der Waals surface area contributed by atoms with Gasteiger partial charge in [0.05, 0.1) is 28.2 Å². The van der Waals surface area contributed by atoms with Gasteiger partial charge in [-0.2, -0.15) is 0 Å². The second-order valence-electron chi connectivity index (χ2n) is 6.61. The van der Waals surface area contributed by atoms with Gasteiger partial charge in [-0.3, -0.25) is 4.21 Å². The largest absolute Gasteiger partial charge is 0.444 e. The number of amides is 1. The molecular formula is C15H22ClN3O3S. The molecule has 1 aromatic rings. The molecular weight excluding hydrogens is 338 g/mol. The lowest BCUT2D eigenvalue weighted by molar-refractivity contribution is 0.0191. The third-order valence-electron chi connectivity index (χ3n) is 3.45. The molecule has 6 nitrogen and oxygen atoms in total. The van der Waals surface area contributed by atoms with E-state index in [9.17, 15) is 9.00 Å². The highest BCUT2D eigenvalue weighted by molar-refractivity contribution is 7.84. The van der Waals surface area contributed by atoms with Gasteiger partial charge >= 0.3 is 6.09 Å². The standard InChI is InChI=1S/C15H22ClN3O3S/c1-15(2,3)22-14(20)19-6-4-11(5-7-19)10-23(21)13-17-8-12(16)9-18-13/h8-9,11H,4-7,10H2,1-3H3. The molecule has 1 fully saturated rings. The van der Waals surface area contributed by atoms with Crippen molar-refractivity contribution in [3.63, 3.8) is 0 Å². The van der Waals surface area contributed by atoms with Crippen LogP contribution in [0.4, 0.5) is 4.79 Å². The van der Waals surface area contributed by atoms with Crippen LogP contribution in [0.15, 0.2) is 17.6 Å². The lowest BCUT2D eigenvalue weighted by Crippen LogP contribution is -2.42. The number of carbonyl (C=O) groups is 1. The average molecular weight is 360 g/mol. The highest BCUT2D eigenvalue weighted by Crippen LogP contribution is 2.21. The molecule has 23 heavy (non-hydrogen) atoms. The predicted octanol–water partition coefficient (Wildman–Crippen LogP) is 2.88. The topological polar surface area (TPSA) is 72.4 Å². The molecule has 1 amide bonds. The zero-order valence-electron chi connectivity index (χ0n) is 13.6. The first-order valence-corrected chi connectivity index (χ1v) is 9.28. The van der Waals surface area contributed by atoms with Gasteiger partial charge in [0.1, 0.15) is 5.60 Å². The molecule has 1 saturated heterocycles. The number of hydrogen-bond acceptors (Lipinski definition) is 5. The fourth-order valence-corrected chi connectivity index (χ4v) is 3.66. The lowest BCUT2D eigenvalue weighted by atomic mass is 9.99. The number of nitrogens with zero attached hydrogens (tertiary/aromatic N) is 3. The van der Waals surface area contributed by atoms with Crippen molar-refractivity contribution < 1.29 is 13.7 Å². The molecule has 1 aliphatic rings. The van der Waals surface area contributed by atoms with Crippen LogP contribution in [0.1, 0.15) is 33.6 Å². The fraction of sp³-hybridized carbons (Fsp3) is 0.667. The van der Waals surface area contributed by atoms with Crippen LogP contribution in [0.3, 0.4) is 0 Å². The Balaban J connectivity index is 1.81. The Kier molecular flexibility index (Phi) is 5.97. The molecule has 0 saturated carbocycles. The zero-order valence-corrected chi connectivity index (χ0v) is 15.2. The summed E-state index contributed by atoms with van der Waals surface area (Å²) in [5, 5.41) is 0.736. The third-order valence-corrected chi connectivity index (χ3v) is 5.04.